The van der Waals surface area contributed by atoms with E-state index in [1.54, 1.807) is 23.9 Å². The smallest absolute Gasteiger partial charge is 0.264 e. The van der Waals surface area contributed by atoms with Crippen LogP contribution in [0.5, 0.6) is 0 Å². The van der Waals surface area contributed by atoms with Crippen LogP contribution in [0.1, 0.15) is 38.7 Å². The Balaban J connectivity index is 1.81. The highest BCUT2D eigenvalue weighted by Gasteiger charge is 2.21. The maximum atomic E-state index is 12.8. The van der Waals surface area contributed by atoms with Gasteiger partial charge in [-0.15, -0.1) is 0 Å². The lowest BCUT2D eigenvalue weighted by Crippen LogP contribution is -2.28. The second-order valence-corrected chi connectivity index (χ2v) is 7.54. The average Bonchev–Trinajstić information content (AvgIpc) is 2.98. The van der Waals surface area contributed by atoms with Crippen LogP contribution in [-0.4, -0.2) is 30.2 Å². The molecular weight excluding hydrogens is 344 g/mol. The van der Waals surface area contributed by atoms with Gasteiger partial charge in [-0.2, -0.15) is 5.10 Å². The van der Waals surface area contributed by atoms with Crippen LogP contribution in [0.4, 0.5) is 5.82 Å². The van der Waals surface area contributed by atoms with Crippen molar-refractivity contribution in [2.45, 2.75) is 53.1 Å². The molecule has 0 bridgehead atoms. The van der Waals surface area contributed by atoms with Crippen molar-refractivity contribution in [1.29, 1.82) is 0 Å². The molecule has 0 aromatic carbocycles. The Morgan fingerprint density at radius 2 is 1.93 bits per heavy atom. The maximum Gasteiger partial charge on any atom is 0.264 e. The Bertz CT molecular complexity index is 1060. The first-order valence-corrected chi connectivity index (χ1v) is 8.86. The molecule has 0 saturated carbocycles. The summed E-state index contributed by atoms with van der Waals surface area (Å²) in [7, 11) is 0. The summed E-state index contributed by atoms with van der Waals surface area (Å²) in [6.07, 6.45) is 1.69. The molecule has 0 atom stereocenters. The standard InChI is InChI=1S/C19H24N6O2/c1-12-7-6-8-15(21-12)23-16(26)9-10-24-13(2)22-17-14(18(24)27)11-20-25(17)19(3,4)5/h6-8,11H,9-10H2,1-5H3,(H,21,23,26). The van der Waals surface area contributed by atoms with E-state index in [0.29, 0.717) is 22.7 Å². The van der Waals surface area contributed by atoms with Gasteiger partial charge in [0.05, 0.1) is 11.7 Å². The lowest BCUT2D eigenvalue weighted by Gasteiger charge is -2.20. The monoisotopic (exact) mass is 368 g/mol. The van der Waals surface area contributed by atoms with Crippen molar-refractivity contribution in [3.63, 3.8) is 0 Å². The minimum atomic E-state index is -0.277. The predicted octanol–water partition coefficient (Wildman–Crippen LogP) is 2.39. The predicted molar refractivity (Wildman–Crippen MR) is 104 cm³/mol. The molecule has 8 nitrogen and oxygen atoms in total. The van der Waals surface area contributed by atoms with Gasteiger partial charge in [0.25, 0.3) is 5.56 Å². The number of nitrogens with zero attached hydrogens (tertiary/aromatic N) is 5. The van der Waals surface area contributed by atoms with Gasteiger partial charge >= 0.3 is 0 Å². The van der Waals surface area contributed by atoms with Crippen LogP contribution in [0.2, 0.25) is 0 Å². The third kappa shape index (κ3) is 3.89. The lowest BCUT2D eigenvalue weighted by molar-refractivity contribution is -0.116. The lowest BCUT2D eigenvalue weighted by atomic mass is 10.1. The van der Waals surface area contributed by atoms with E-state index >= 15 is 0 Å². The molecule has 0 saturated heterocycles. The fraction of sp³-hybridized carbons (Fsp3) is 0.421. The van der Waals surface area contributed by atoms with Gasteiger partial charge in [-0.25, -0.2) is 14.6 Å². The molecule has 3 aromatic rings. The number of pyridine rings is 1. The average molecular weight is 368 g/mol. The van der Waals surface area contributed by atoms with Crippen LogP contribution in [0.25, 0.3) is 11.0 Å². The highest BCUT2D eigenvalue weighted by atomic mass is 16.2. The topological polar surface area (TPSA) is 94.7 Å². The molecule has 8 heteroatoms. The van der Waals surface area contributed by atoms with E-state index in [2.05, 4.69) is 20.4 Å². The number of rotatable bonds is 4. The van der Waals surface area contributed by atoms with Gasteiger partial charge in [-0.3, -0.25) is 14.2 Å². The molecule has 27 heavy (non-hydrogen) atoms. The third-order valence-electron chi connectivity index (χ3n) is 4.23. The van der Waals surface area contributed by atoms with Crippen molar-refractivity contribution in [3.05, 3.63) is 46.3 Å². The molecule has 0 aliphatic rings. The Hall–Kier alpha value is -3.03. The quantitative estimate of drug-likeness (QED) is 0.763. The van der Waals surface area contributed by atoms with Crippen LogP contribution >= 0.6 is 0 Å². The number of aryl methyl sites for hydroxylation is 2. The molecule has 3 rings (SSSR count). The van der Waals surface area contributed by atoms with Crippen LogP contribution in [0.15, 0.2) is 29.2 Å². The summed E-state index contributed by atoms with van der Waals surface area (Å²) in [5.41, 5.74) is 0.926. The van der Waals surface area contributed by atoms with E-state index in [9.17, 15) is 9.59 Å². The van der Waals surface area contributed by atoms with Crippen molar-refractivity contribution in [2.24, 2.45) is 0 Å². The summed E-state index contributed by atoms with van der Waals surface area (Å²) in [6, 6.07) is 5.42. The second-order valence-electron chi connectivity index (χ2n) is 7.54. The first-order chi connectivity index (χ1) is 12.7. The van der Waals surface area contributed by atoms with Crippen LogP contribution < -0.4 is 10.9 Å². The van der Waals surface area contributed by atoms with Gasteiger partial charge < -0.3 is 5.32 Å². The number of hydrogen-bond acceptors (Lipinski definition) is 5. The first kappa shape index (κ1) is 18.8. The van der Waals surface area contributed by atoms with E-state index < -0.39 is 0 Å². The first-order valence-electron chi connectivity index (χ1n) is 8.86. The second kappa shape index (κ2) is 6.94. The normalized spacial score (nSPS) is 11.7. The van der Waals surface area contributed by atoms with E-state index in [1.807, 2.05) is 39.8 Å². The van der Waals surface area contributed by atoms with Gasteiger partial charge in [-0.1, -0.05) is 6.07 Å². The molecule has 3 aromatic heterocycles. The summed E-state index contributed by atoms with van der Waals surface area (Å²) in [6.45, 7) is 9.88. The molecule has 0 aliphatic carbocycles. The number of fused-ring (bicyclic) bond motifs is 1. The SMILES string of the molecule is Cc1cccc(NC(=O)CCn2c(C)nc3c(cnn3C(C)(C)C)c2=O)n1. The number of hydrogen-bond donors (Lipinski definition) is 1. The van der Waals surface area contributed by atoms with E-state index in [-0.39, 0.29) is 30.0 Å². The highest BCUT2D eigenvalue weighted by molar-refractivity contribution is 5.89. The molecular formula is C19H24N6O2. The van der Waals surface area contributed by atoms with Gasteiger partial charge in [0.15, 0.2) is 5.65 Å². The van der Waals surface area contributed by atoms with Crippen molar-refractivity contribution in [3.8, 4) is 0 Å². The number of amides is 1. The third-order valence-corrected chi connectivity index (χ3v) is 4.23. The number of aromatic nitrogens is 5. The number of carbonyl (C=O) groups excluding carboxylic acids is 1. The molecule has 0 spiro atoms. The fourth-order valence-electron chi connectivity index (χ4n) is 2.89. The molecule has 0 radical (unpaired) electrons. The van der Waals surface area contributed by atoms with E-state index in [0.717, 1.165) is 5.69 Å². The fourth-order valence-corrected chi connectivity index (χ4v) is 2.89. The Kier molecular flexibility index (Phi) is 4.82. The summed E-state index contributed by atoms with van der Waals surface area (Å²) < 4.78 is 3.26. The highest BCUT2D eigenvalue weighted by Crippen LogP contribution is 2.18. The van der Waals surface area contributed by atoms with E-state index in [1.165, 1.54) is 4.57 Å². The number of carbonyl (C=O) groups is 1. The van der Waals surface area contributed by atoms with Gasteiger partial charge in [-0.05, 0) is 46.8 Å². The number of nitrogens with one attached hydrogen (secondary N) is 1. The molecule has 0 unspecified atom stereocenters. The molecule has 1 N–H and O–H groups in total. The molecule has 0 fully saturated rings. The molecule has 142 valence electrons. The van der Waals surface area contributed by atoms with Crippen LogP contribution in [0.3, 0.4) is 0 Å². The minimum Gasteiger partial charge on any atom is -0.311 e. The van der Waals surface area contributed by atoms with Crippen molar-refractivity contribution in [2.75, 3.05) is 5.32 Å². The van der Waals surface area contributed by atoms with Gasteiger partial charge in [0.1, 0.15) is 17.0 Å². The Morgan fingerprint density at radius 3 is 2.59 bits per heavy atom. The summed E-state index contributed by atoms with van der Waals surface area (Å²) in [4.78, 5) is 33.8. The van der Waals surface area contributed by atoms with Crippen molar-refractivity contribution >= 4 is 22.8 Å². The van der Waals surface area contributed by atoms with Crippen LogP contribution in [0, 0.1) is 13.8 Å². The van der Waals surface area contributed by atoms with Crippen molar-refractivity contribution < 1.29 is 4.79 Å². The number of anilines is 1. The van der Waals surface area contributed by atoms with Crippen LogP contribution in [-0.2, 0) is 16.9 Å². The molecule has 1 amide bonds. The Labute approximate surface area is 157 Å². The zero-order chi connectivity index (χ0) is 19.8. The zero-order valence-corrected chi connectivity index (χ0v) is 16.3. The molecule has 0 aliphatic heterocycles. The summed E-state index contributed by atoms with van der Waals surface area (Å²) in [5.74, 6) is 0.856. The van der Waals surface area contributed by atoms with E-state index in [4.69, 9.17) is 0 Å². The minimum absolute atomic E-state index is 0.150. The van der Waals surface area contributed by atoms with Gasteiger partial charge in [0.2, 0.25) is 5.91 Å². The zero-order valence-electron chi connectivity index (χ0n) is 16.3. The summed E-state index contributed by atoms with van der Waals surface area (Å²) >= 11 is 0. The molecule has 3 heterocycles. The largest absolute Gasteiger partial charge is 0.311 e. The van der Waals surface area contributed by atoms with Crippen molar-refractivity contribution in [1.82, 2.24) is 24.3 Å². The van der Waals surface area contributed by atoms with Gasteiger partial charge in [0, 0.05) is 18.7 Å². The summed E-state index contributed by atoms with van der Waals surface area (Å²) in [5, 5.41) is 7.53. The maximum absolute atomic E-state index is 12.8. The Morgan fingerprint density at radius 1 is 1.19 bits per heavy atom.